The van der Waals surface area contributed by atoms with Gasteiger partial charge in [-0.05, 0) is 20.5 Å². The van der Waals surface area contributed by atoms with Crippen molar-refractivity contribution in [3.05, 3.63) is 5.82 Å². The number of aromatic nitrogens is 2. The Kier molecular flexibility index (Phi) is 7.71. The molecule has 0 spiro atoms. The molecule has 0 amide bonds. The van der Waals surface area contributed by atoms with Crippen molar-refractivity contribution in [1.82, 2.24) is 24.5 Å². The van der Waals surface area contributed by atoms with E-state index in [1.54, 1.807) is 0 Å². The monoisotopic (exact) mass is 353 g/mol. The van der Waals surface area contributed by atoms with Gasteiger partial charge in [0.2, 0.25) is 5.13 Å². The van der Waals surface area contributed by atoms with E-state index in [2.05, 4.69) is 57.2 Å². The van der Waals surface area contributed by atoms with E-state index in [0.717, 1.165) is 75.7 Å². The Bertz CT molecular complexity index is 508. The summed E-state index contributed by atoms with van der Waals surface area (Å²) in [6.07, 6.45) is 0.903. The number of hydrogen-bond acceptors (Lipinski definition) is 6. The Morgan fingerprint density at radius 1 is 1.25 bits per heavy atom. The second-order valence-corrected chi connectivity index (χ2v) is 6.68. The number of aliphatic imine (C=N–C) groups is 1. The molecule has 0 aromatic carbocycles. The highest BCUT2D eigenvalue weighted by molar-refractivity contribution is 7.09. The molecule has 2 rings (SSSR count). The Morgan fingerprint density at radius 3 is 2.58 bits per heavy atom. The molecule has 136 valence electrons. The molecule has 0 bridgehead atoms. The lowest BCUT2D eigenvalue weighted by Crippen LogP contribution is -2.52. The van der Waals surface area contributed by atoms with Gasteiger partial charge in [0.15, 0.2) is 5.96 Å². The topological polar surface area (TPSA) is 59.9 Å². The van der Waals surface area contributed by atoms with E-state index in [0.29, 0.717) is 0 Å². The molecular formula is C16H31N7S. The number of aryl methyl sites for hydroxylation is 1. The zero-order chi connectivity index (χ0) is 17.4. The molecule has 24 heavy (non-hydrogen) atoms. The fraction of sp³-hybridized carbons (Fsp3) is 0.812. The minimum atomic E-state index is 0.836. The first kappa shape index (κ1) is 18.9. The van der Waals surface area contributed by atoms with Gasteiger partial charge in [0, 0.05) is 57.2 Å². The maximum absolute atomic E-state index is 4.79. The lowest BCUT2D eigenvalue weighted by atomic mass is 10.3. The molecule has 1 fully saturated rings. The number of piperazine rings is 1. The summed E-state index contributed by atoms with van der Waals surface area (Å²) in [7, 11) is 2.13. The van der Waals surface area contributed by atoms with Crippen molar-refractivity contribution in [2.75, 3.05) is 64.3 Å². The average molecular weight is 354 g/mol. The van der Waals surface area contributed by atoms with Gasteiger partial charge < -0.3 is 20.0 Å². The van der Waals surface area contributed by atoms with Crippen LogP contribution in [-0.4, -0.2) is 84.5 Å². The molecule has 1 N–H and O–H groups in total. The van der Waals surface area contributed by atoms with Crippen LogP contribution >= 0.6 is 11.5 Å². The van der Waals surface area contributed by atoms with E-state index in [9.17, 15) is 0 Å². The van der Waals surface area contributed by atoms with E-state index in [1.807, 2.05) is 0 Å². The zero-order valence-electron chi connectivity index (χ0n) is 15.5. The van der Waals surface area contributed by atoms with Gasteiger partial charge in [-0.2, -0.15) is 4.37 Å². The number of guanidine groups is 1. The van der Waals surface area contributed by atoms with E-state index < -0.39 is 0 Å². The second-order valence-electron chi connectivity index (χ2n) is 5.95. The second kappa shape index (κ2) is 9.78. The van der Waals surface area contributed by atoms with Crippen LogP contribution < -0.4 is 10.2 Å². The van der Waals surface area contributed by atoms with Crippen LogP contribution in [0.3, 0.4) is 0 Å². The first-order valence-electron chi connectivity index (χ1n) is 8.97. The fourth-order valence-corrected chi connectivity index (χ4v) is 3.34. The van der Waals surface area contributed by atoms with Crippen LogP contribution in [0.5, 0.6) is 0 Å². The van der Waals surface area contributed by atoms with Crippen molar-refractivity contribution in [2.45, 2.75) is 27.2 Å². The van der Waals surface area contributed by atoms with Gasteiger partial charge in [-0.25, -0.2) is 4.98 Å². The van der Waals surface area contributed by atoms with Crippen molar-refractivity contribution in [2.24, 2.45) is 4.99 Å². The van der Waals surface area contributed by atoms with Crippen molar-refractivity contribution in [1.29, 1.82) is 0 Å². The van der Waals surface area contributed by atoms with Crippen molar-refractivity contribution in [3.63, 3.8) is 0 Å². The standard InChI is InChI=1S/C16H31N7S/c1-5-14-19-16(24-20-14)23-12-10-22(11-13-23)15(17-6-2)18-8-9-21(4)7-3/h5-13H2,1-4H3,(H,17,18). The van der Waals surface area contributed by atoms with Gasteiger partial charge in [0.1, 0.15) is 5.82 Å². The third-order valence-electron chi connectivity index (χ3n) is 4.24. The van der Waals surface area contributed by atoms with Crippen molar-refractivity contribution >= 4 is 22.6 Å². The fourth-order valence-electron chi connectivity index (χ4n) is 2.54. The van der Waals surface area contributed by atoms with Gasteiger partial charge in [0.25, 0.3) is 0 Å². The zero-order valence-corrected chi connectivity index (χ0v) is 16.3. The van der Waals surface area contributed by atoms with Gasteiger partial charge >= 0.3 is 0 Å². The molecule has 0 unspecified atom stereocenters. The summed E-state index contributed by atoms with van der Waals surface area (Å²) < 4.78 is 4.39. The minimum absolute atomic E-state index is 0.836. The first-order chi connectivity index (χ1) is 11.7. The third kappa shape index (κ3) is 5.31. The molecule has 0 aliphatic carbocycles. The van der Waals surface area contributed by atoms with Gasteiger partial charge in [0.05, 0.1) is 6.54 Å². The molecule has 1 aliphatic rings. The molecule has 0 saturated carbocycles. The quantitative estimate of drug-likeness (QED) is 0.586. The molecule has 7 nitrogen and oxygen atoms in total. The molecular weight excluding hydrogens is 322 g/mol. The van der Waals surface area contributed by atoms with Crippen LogP contribution in [0.1, 0.15) is 26.6 Å². The number of rotatable bonds is 7. The molecule has 1 aromatic rings. The van der Waals surface area contributed by atoms with E-state index in [1.165, 1.54) is 11.5 Å². The van der Waals surface area contributed by atoms with Crippen molar-refractivity contribution in [3.8, 4) is 0 Å². The highest BCUT2D eigenvalue weighted by atomic mass is 32.1. The van der Waals surface area contributed by atoms with Crippen LogP contribution in [0.4, 0.5) is 5.13 Å². The summed E-state index contributed by atoms with van der Waals surface area (Å²) in [6.45, 7) is 14.1. The number of likely N-dealkylation sites (N-methyl/N-ethyl adjacent to an activating group) is 1. The molecule has 0 atom stereocenters. The summed E-state index contributed by atoms with van der Waals surface area (Å²) >= 11 is 1.52. The largest absolute Gasteiger partial charge is 0.357 e. The van der Waals surface area contributed by atoms with E-state index in [4.69, 9.17) is 4.99 Å². The summed E-state index contributed by atoms with van der Waals surface area (Å²) in [5.41, 5.74) is 0. The van der Waals surface area contributed by atoms with Crippen LogP contribution in [0, 0.1) is 0 Å². The minimum Gasteiger partial charge on any atom is -0.357 e. The molecule has 1 aliphatic heterocycles. The van der Waals surface area contributed by atoms with Gasteiger partial charge in [-0.15, -0.1) is 0 Å². The maximum Gasteiger partial charge on any atom is 0.205 e. The Hall–Kier alpha value is -1.41. The summed E-state index contributed by atoms with van der Waals surface area (Å²) in [4.78, 5) is 16.4. The predicted octanol–water partition coefficient (Wildman–Crippen LogP) is 1.14. The van der Waals surface area contributed by atoms with Crippen LogP contribution in [-0.2, 0) is 6.42 Å². The Balaban J connectivity index is 1.88. The van der Waals surface area contributed by atoms with E-state index >= 15 is 0 Å². The lowest BCUT2D eigenvalue weighted by Gasteiger charge is -2.36. The summed E-state index contributed by atoms with van der Waals surface area (Å²) in [5.74, 6) is 1.99. The smallest absolute Gasteiger partial charge is 0.205 e. The highest BCUT2D eigenvalue weighted by Crippen LogP contribution is 2.19. The molecule has 2 heterocycles. The van der Waals surface area contributed by atoms with Crippen LogP contribution in [0.25, 0.3) is 0 Å². The number of anilines is 1. The van der Waals surface area contributed by atoms with Crippen molar-refractivity contribution < 1.29 is 0 Å². The predicted molar refractivity (Wildman–Crippen MR) is 102 cm³/mol. The Morgan fingerprint density at radius 2 is 2.00 bits per heavy atom. The molecule has 1 aromatic heterocycles. The van der Waals surface area contributed by atoms with Crippen LogP contribution in [0.2, 0.25) is 0 Å². The lowest BCUT2D eigenvalue weighted by molar-refractivity contribution is 0.354. The highest BCUT2D eigenvalue weighted by Gasteiger charge is 2.21. The van der Waals surface area contributed by atoms with Gasteiger partial charge in [-0.3, -0.25) is 4.99 Å². The number of nitrogens with zero attached hydrogens (tertiary/aromatic N) is 6. The average Bonchev–Trinajstić information content (AvgIpc) is 3.10. The van der Waals surface area contributed by atoms with E-state index in [-0.39, 0.29) is 0 Å². The third-order valence-corrected chi connectivity index (χ3v) is 5.06. The first-order valence-corrected chi connectivity index (χ1v) is 9.74. The molecule has 0 radical (unpaired) electrons. The molecule has 8 heteroatoms. The maximum atomic E-state index is 4.79. The summed E-state index contributed by atoms with van der Waals surface area (Å²) in [6, 6.07) is 0. The SMILES string of the molecule is CCNC(=NCCN(C)CC)N1CCN(c2nc(CC)ns2)CC1. The Labute approximate surface area is 149 Å². The normalized spacial score (nSPS) is 16.1. The number of hydrogen-bond donors (Lipinski definition) is 1. The van der Waals surface area contributed by atoms with Gasteiger partial charge in [-0.1, -0.05) is 13.8 Å². The number of nitrogens with one attached hydrogen (secondary N) is 1. The molecule has 1 saturated heterocycles. The summed E-state index contributed by atoms with van der Waals surface area (Å²) in [5, 5.41) is 4.48. The van der Waals surface area contributed by atoms with Crippen LogP contribution in [0.15, 0.2) is 4.99 Å².